The number of carboxylic acids is 1. The summed E-state index contributed by atoms with van der Waals surface area (Å²) < 4.78 is 19.3. The van der Waals surface area contributed by atoms with E-state index in [4.69, 9.17) is 4.74 Å². The number of pyridine rings is 1. The third-order valence-corrected chi connectivity index (χ3v) is 4.81. The van der Waals surface area contributed by atoms with Crippen molar-refractivity contribution in [3.05, 3.63) is 34.2 Å². The van der Waals surface area contributed by atoms with Gasteiger partial charge in [-0.05, 0) is 41.3 Å². The van der Waals surface area contributed by atoms with Gasteiger partial charge in [-0.25, -0.2) is 9.18 Å². The molecule has 1 heterocycles. The molecule has 2 atom stereocenters. The second-order valence-electron chi connectivity index (χ2n) is 5.65. The average Bonchev–Trinajstić information content (AvgIpc) is 2.96. The number of halogens is 2. The summed E-state index contributed by atoms with van der Waals surface area (Å²) in [5.41, 5.74) is 0.973. The van der Waals surface area contributed by atoms with Crippen LogP contribution < -0.4 is 5.32 Å². The lowest BCUT2D eigenvalue weighted by Crippen LogP contribution is -2.19. The zero-order chi connectivity index (χ0) is 16.6. The number of aromatic nitrogens is 1. The first-order valence-electron chi connectivity index (χ1n) is 7.30. The number of aromatic carboxylic acids is 1. The van der Waals surface area contributed by atoms with Crippen LogP contribution in [0.5, 0.6) is 0 Å². The van der Waals surface area contributed by atoms with E-state index in [1.54, 1.807) is 13.2 Å². The molecule has 1 aliphatic rings. The molecule has 0 spiro atoms. The van der Waals surface area contributed by atoms with Gasteiger partial charge in [0.1, 0.15) is 11.4 Å². The van der Waals surface area contributed by atoms with Crippen LogP contribution >= 0.6 is 15.9 Å². The summed E-state index contributed by atoms with van der Waals surface area (Å²) >= 11 is 3.15. The number of hydrogen-bond acceptors (Lipinski definition) is 4. The Hall–Kier alpha value is -1.73. The molecule has 3 rings (SSSR count). The standard InChI is InChI=1S/C16H16BrFN2O3/c1-23-9-3-2-8(4-9)20-15-10-5-12(17)13(18)6-14(10)19-7-11(15)16(21)22/h5-9H,2-4H2,1H3,(H,19,20)(H,21,22)/t8-,9-/m0/s1. The smallest absolute Gasteiger partial charge is 0.339 e. The third kappa shape index (κ3) is 3.16. The molecule has 23 heavy (non-hydrogen) atoms. The van der Waals surface area contributed by atoms with Crippen molar-refractivity contribution in [1.82, 2.24) is 4.98 Å². The minimum absolute atomic E-state index is 0.0804. The lowest BCUT2D eigenvalue weighted by molar-refractivity contribution is 0.0697. The van der Waals surface area contributed by atoms with Crippen molar-refractivity contribution in [2.75, 3.05) is 12.4 Å². The van der Waals surface area contributed by atoms with Gasteiger partial charge in [-0.1, -0.05) is 0 Å². The molecule has 1 saturated carbocycles. The second kappa shape index (κ2) is 6.41. The van der Waals surface area contributed by atoms with Crippen molar-refractivity contribution < 1.29 is 19.0 Å². The normalized spacial score (nSPS) is 20.8. The molecule has 7 heteroatoms. The first-order valence-corrected chi connectivity index (χ1v) is 8.09. The molecule has 0 aliphatic heterocycles. The Morgan fingerprint density at radius 3 is 2.91 bits per heavy atom. The maximum absolute atomic E-state index is 13.7. The number of nitrogens with zero attached hydrogens (tertiary/aromatic N) is 1. The summed E-state index contributed by atoms with van der Waals surface area (Å²) in [6.45, 7) is 0. The largest absolute Gasteiger partial charge is 0.478 e. The number of fused-ring (bicyclic) bond motifs is 1. The monoisotopic (exact) mass is 382 g/mol. The minimum atomic E-state index is -1.07. The maximum Gasteiger partial charge on any atom is 0.339 e. The number of rotatable bonds is 4. The van der Waals surface area contributed by atoms with Gasteiger partial charge in [0.25, 0.3) is 0 Å². The summed E-state index contributed by atoms with van der Waals surface area (Å²) in [6.07, 6.45) is 4.07. The summed E-state index contributed by atoms with van der Waals surface area (Å²) in [5.74, 6) is -1.50. The van der Waals surface area contributed by atoms with E-state index < -0.39 is 11.8 Å². The molecular formula is C16H16BrFN2O3. The van der Waals surface area contributed by atoms with Crippen LogP contribution in [-0.2, 0) is 4.74 Å². The SMILES string of the molecule is CO[C@H]1CC[C@H](Nc2c(C(=O)O)cnc3cc(F)c(Br)cc23)C1. The molecule has 0 unspecified atom stereocenters. The van der Waals surface area contributed by atoms with Crippen molar-refractivity contribution in [2.24, 2.45) is 0 Å². The molecule has 1 aromatic heterocycles. The van der Waals surface area contributed by atoms with Crippen molar-refractivity contribution in [1.29, 1.82) is 0 Å². The molecule has 0 radical (unpaired) electrons. The maximum atomic E-state index is 13.7. The van der Waals surface area contributed by atoms with E-state index in [1.165, 1.54) is 12.3 Å². The first kappa shape index (κ1) is 16.1. The molecule has 0 amide bonds. The Morgan fingerprint density at radius 1 is 1.48 bits per heavy atom. The van der Waals surface area contributed by atoms with Gasteiger partial charge >= 0.3 is 5.97 Å². The van der Waals surface area contributed by atoms with Crippen LogP contribution in [0, 0.1) is 5.82 Å². The Bertz CT molecular complexity index is 769. The van der Waals surface area contributed by atoms with Crippen LogP contribution in [0.2, 0.25) is 0 Å². The van der Waals surface area contributed by atoms with Crippen LogP contribution in [-0.4, -0.2) is 35.3 Å². The topological polar surface area (TPSA) is 71.5 Å². The fraction of sp³-hybridized carbons (Fsp3) is 0.375. The van der Waals surface area contributed by atoms with Crippen LogP contribution in [0.3, 0.4) is 0 Å². The van der Waals surface area contributed by atoms with Gasteiger partial charge in [0.15, 0.2) is 0 Å². The van der Waals surface area contributed by atoms with Gasteiger partial charge in [0.2, 0.25) is 0 Å². The molecular weight excluding hydrogens is 367 g/mol. The quantitative estimate of drug-likeness (QED) is 0.840. The van der Waals surface area contributed by atoms with E-state index in [-0.39, 0.29) is 22.2 Å². The van der Waals surface area contributed by atoms with E-state index in [1.807, 2.05) is 0 Å². The number of carbonyl (C=O) groups is 1. The molecule has 122 valence electrons. The van der Waals surface area contributed by atoms with Gasteiger partial charge in [-0.3, -0.25) is 4.98 Å². The summed E-state index contributed by atoms with van der Waals surface area (Å²) in [4.78, 5) is 15.6. The lowest BCUT2D eigenvalue weighted by Gasteiger charge is -2.18. The number of methoxy groups -OCH3 is 1. The van der Waals surface area contributed by atoms with Crippen molar-refractivity contribution in [3.63, 3.8) is 0 Å². The first-order chi connectivity index (χ1) is 11.0. The second-order valence-corrected chi connectivity index (χ2v) is 6.50. The van der Waals surface area contributed by atoms with E-state index in [2.05, 4.69) is 26.2 Å². The van der Waals surface area contributed by atoms with Crippen molar-refractivity contribution in [3.8, 4) is 0 Å². The number of carboxylic acid groups (broad SMARTS) is 1. The molecule has 2 aromatic rings. The van der Waals surface area contributed by atoms with Gasteiger partial charge in [0.05, 0.1) is 21.8 Å². The number of ether oxygens (including phenoxy) is 1. The van der Waals surface area contributed by atoms with Crippen LogP contribution in [0.25, 0.3) is 10.9 Å². The fourth-order valence-corrected chi connectivity index (χ4v) is 3.34. The molecule has 2 N–H and O–H groups in total. The molecule has 0 saturated heterocycles. The highest BCUT2D eigenvalue weighted by Gasteiger charge is 2.26. The molecule has 1 fully saturated rings. The van der Waals surface area contributed by atoms with Gasteiger partial charge in [-0.2, -0.15) is 0 Å². The van der Waals surface area contributed by atoms with Crippen molar-refractivity contribution in [2.45, 2.75) is 31.4 Å². The molecule has 5 nitrogen and oxygen atoms in total. The lowest BCUT2D eigenvalue weighted by atomic mass is 10.1. The molecule has 1 aliphatic carbocycles. The average molecular weight is 383 g/mol. The summed E-state index contributed by atoms with van der Waals surface area (Å²) in [5, 5.41) is 13.3. The van der Waals surface area contributed by atoms with E-state index >= 15 is 0 Å². The zero-order valence-electron chi connectivity index (χ0n) is 12.5. The predicted molar refractivity (Wildman–Crippen MR) is 88.4 cm³/mol. The van der Waals surface area contributed by atoms with E-state index in [9.17, 15) is 14.3 Å². The Morgan fingerprint density at radius 2 is 2.26 bits per heavy atom. The number of nitrogens with one attached hydrogen (secondary N) is 1. The third-order valence-electron chi connectivity index (χ3n) is 4.21. The van der Waals surface area contributed by atoms with Gasteiger partial charge in [-0.15, -0.1) is 0 Å². The van der Waals surface area contributed by atoms with Crippen LogP contribution in [0.15, 0.2) is 22.8 Å². The Balaban J connectivity index is 2.06. The van der Waals surface area contributed by atoms with Crippen molar-refractivity contribution >= 4 is 38.5 Å². The molecule has 1 aromatic carbocycles. The highest BCUT2D eigenvalue weighted by Crippen LogP contribution is 2.33. The summed E-state index contributed by atoms with van der Waals surface area (Å²) in [7, 11) is 1.68. The molecule has 0 bridgehead atoms. The van der Waals surface area contributed by atoms with Crippen LogP contribution in [0.1, 0.15) is 29.6 Å². The minimum Gasteiger partial charge on any atom is -0.478 e. The zero-order valence-corrected chi connectivity index (χ0v) is 14.1. The fourth-order valence-electron chi connectivity index (χ4n) is 2.99. The highest BCUT2D eigenvalue weighted by atomic mass is 79.9. The van der Waals surface area contributed by atoms with Crippen LogP contribution in [0.4, 0.5) is 10.1 Å². The summed E-state index contributed by atoms with van der Waals surface area (Å²) in [6, 6.07) is 2.98. The Kier molecular flexibility index (Phi) is 4.50. The van der Waals surface area contributed by atoms with Gasteiger partial charge < -0.3 is 15.2 Å². The van der Waals surface area contributed by atoms with E-state index in [0.717, 1.165) is 19.3 Å². The highest BCUT2D eigenvalue weighted by molar-refractivity contribution is 9.10. The number of anilines is 1. The van der Waals surface area contributed by atoms with Gasteiger partial charge in [0, 0.05) is 30.8 Å². The number of hydrogen-bond donors (Lipinski definition) is 2. The predicted octanol–water partition coefficient (Wildman–Crippen LogP) is 3.81. The number of benzene rings is 1. The van der Waals surface area contributed by atoms with E-state index in [0.29, 0.717) is 16.6 Å². The Labute approximate surface area is 141 Å².